The molecule has 0 unspecified atom stereocenters. The highest BCUT2D eigenvalue weighted by Crippen LogP contribution is 2.55. The van der Waals surface area contributed by atoms with Gasteiger partial charge in [-0.1, -0.05) is 24.3 Å². The van der Waals surface area contributed by atoms with Gasteiger partial charge < -0.3 is 4.90 Å². The maximum Gasteiger partial charge on any atom is 0.255 e. The summed E-state index contributed by atoms with van der Waals surface area (Å²) in [5, 5.41) is 0. The number of hydrogen-bond donors (Lipinski definition) is 0. The van der Waals surface area contributed by atoms with Gasteiger partial charge in [-0.2, -0.15) is 0 Å². The van der Waals surface area contributed by atoms with E-state index in [0.717, 1.165) is 5.56 Å². The fourth-order valence-electron chi connectivity index (χ4n) is 4.15. The van der Waals surface area contributed by atoms with Crippen LogP contribution in [0.2, 0.25) is 0 Å². The Morgan fingerprint density at radius 3 is 2.67 bits per heavy atom. The summed E-state index contributed by atoms with van der Waals surface area (Å²) >= 11 is 0. The first-order valence-corrected chi connectivity index (χ1v) is 6.90. The molecule has 4 rings (SSSR count). The van der Waals surface area contributed by atoms with Crippen LogP contribution in [0.15, 0.2) is 36.9 Å². The molecule has 3 amide bonds. The lowest BCUT2D eigenvalue weighted by Gasteiger charge is -2.33. The first-order chi connectivity index (χ1) is 10.0. The highest BCUT2D eigenvalue weighted by Gasteiger charge is 2.67. The Balaban J connectivity index is 2.00. The van der Waals surface area contributed by atoms with Gasteiger partial charge in [-0.3, -0.25) is 19.3 Å². The zero-order valence-corrected chi connectivity index (χ0v) is 11.6. The van der Waals surface area contributed by atoms with Crippen molar-refractivity contribution in [2.45, 2.75) is 5.54 Å². The molecule has 2 saturated heterocycles. The van der Waals surface area contributed by atoms with E-state index in [-0.39, 0.29) is 24.3 Å². The molecule has 5 nitrogen and oxygen atoms in total. The van der Waals surface area contributed by atoms with E-state index in [0.29, 0.717) is 5.56 Å². The maximum absolute atomic E-state index is 12.6. The van der Waals surface area contributed by atoms with Crippen molar-refractivity contribution in [2.75, 3.05) is 13.6 Å². The van der Waals surface area contributed by atoms with E-state index in [1.165, 1.54) is 11.9 Å². The van der Waals surface area contributed by atoms with Crippen molar-refractivity contribution in [2.24, 2.45) is 11.8 Å². The highest BCUT2D eigenvalue weighted by molar-refractivity contribution is 6.10. The number of benzene rings is 1. The fourth-order valence-corrected chi connectivity index (χ4v) is 4.15. The molecular formula is C16H14N2O3. The third-order valence-corrected chi connectivity index (χ3v) is 5.09. The monoisotopic (exact) mass is 282 g/mol. The van der Waals surface area contributed by atoms with Gasteiger partial charge in [-0.05, 0) is 11.6 Å². The largest absolute Gasteiger partial charge is 0.324 e. The molecule has 0 radical (unpaired) electrons. The van der Waals surface area contributed by atoms with Crippen LogP contribution in [0, 0.1) is 11.8 Å². The molecule has 3 aliphatic rings. The number of nitrogens with zero attached hydrogens (tertiary/aromatic N) is 2. The molecular weight excluding hydrogens is 268 g/mol. The first-order valence-electron chi connectivity index (χ1n) is 6.90. The van der Waals surface area contributed by atoms with Gasteiger partial charge in [0.25, 0.3) is 5.91 Å². The Labute approximate surface area is 121 Å². The number of carbonyl (C=O) groups excluding carboxylic acids is 3. The van der Waals surface area contributed by atoms with Crippen LogP contribution in [0.1, 0.15) is 15.9 Å². The van der Waals surface area contributed by atoms with Gasteiger partial charge in [0.05, 0.1) is 17.4 Å². The first kappa shape index (κ1) is 12.3. The lowest BCUT2D eigenvalue weighted by Crippen LogP contribution is -2.45. The van der Waals surface area contributed by atoms with Crippen molar-refractivity contribution < 1.29 is 14.4 Å². The minimum Gasteiger partial charge on any atom is -0.324 e. The number of carbonyl (C=O) groups is 3. The van der Waals surface area contributed by atoms with Crippen molar-refractivity contribution in [3.05, 3.63) is 48.0 Å². The molecule has 0 aliphatic carbocycles. The quantitative estimate of drug-likeness (QED) is 0.564. The van der Waals surface area contributed by atoms with Gasteiger partial charge in [-0.25, -0.2) is 0 Å². The summed E-state index contributed by atoms with van der Waals surface area (Å²) in [6.07, 6.45) is 1.66. The molecule has 0 N–H and O–H groups in total. The highest BCUT2D eigenvalue weighted by atomic mass is 16.2. The minimum atomic E-state index is -0.879. The van der Waals surface area contributed by atoms with Crippen molar-refractivity contribution in [1.82, 2.24) is 9.80 Å². The standard InChI is InChI=1S/C16H14N2O3/c1-3-16-11-7-5-4-6-9(11)14(20)18(16)8-10-12(16)15(21)17(2)13(10)19/h3-7,10,12H,1,8H2,2H3/t10-,12+,16-/m0/s1. The second kappa shape index (κ2) is 3.61. The summed E-state index contributed by atoms with van der Waals surface area (Å²) in [7, 11) is 1.51. The molecule has 3 aliphatic heterocycles. The zero-order valence-electron chi connectivity index (χ0n) is 11.6. The Morgan fingerprint density at radius 2 is 1.95 bits per heavy atom. The van der Waals surface area contributed by atoms with E-state index in [9.17, 15) is 14.4 Å². The second-order valence-corrected chi connectivity index (χ2v) is 5.81. The summed E-state index contributed by atoms with van der Waals surface area (Å²) in [5.74, 6) is -1.57. The van der Waals surface area contributed by atoms with Gasteiger partial charge in [0.1, 0.15) is 0 Å². The molecule has 3 atom stereocenters. The lowest BCUT2D eigenvalue weighted by molar-refractivity contribution is -0.139. The van der Waals surface area contributed by atoms with E-state index in [1.54, 1.807) is 23.1 Å². The van der Waals surface area contributed by atoms with E-state index in [4.69, 9.17) is 0 Å². The van der Waals surface area contributed by atoms with Crippen LogP contribution in [-0.2, 0) is 15.1 Å². The third-order valence-electron chi connectivity index (χ3n) is 5.09. The van der Waals surface area contributed by atoms with Crippen LogP contribution >= 0.6 is 0 Å². The topological polar surface area (TPSA) is 57.7 Å². The molecule has 0 bridgehead atoms. The normalized spacial score (nSPS) is 33.3. The Hall–Kier alpha value is -2.43. The van der Waals surface area contributed by atoms with Crippen LogP contribution in [-0.4, -0.2) is 41.1 Å². The number of rotatable bonds is 1. The van der Waals surface area contributed by atoms with E-state index in [1.807, 2.05) is 12.1 Å². The van der Waals surface area contributed by atoms with Crippen molar-refractivity contribution in [3.8, 4) is 0 Å². The Bertz CT molecular complexity index is 726. The van der Waals surface area contributed by atoms with Crippen molar-refractivity contribution in [1.29, 1.82) is 0 Å². The molecule has 106 valence electrons. The van der Waals surface area contributed by atoms with Gasteiger partial charge >= 0.3 is 0 Å². The van der Waals surface area contributed by atoms with Crippen LogP contribution < -0.4 is 0 Å². The molecule has 0 spiro atoms. The number of likely N-dealkylation sites (tertiary alicyclic amines) is 1. The average molecular weight is 282 g/mol. The van der Waals surface area contributed by atoms with Crippen LogP contribution in [0.5, 0.6) is 0 Å². The van der Waals surface area contributed by atoms with E-state index in [2.05, 4.69) is 6.58 Å². The summed E-state index contributed by atoms with van der Waals surface area (Å²) in [4.78, 5) is 40.2. The van der Waals surface area contributed by atoms with Gasteiger partial charge in [0, 0.05) is 19.2 Å². The molecule has 2 fully saturated rings. The summed E-state index contributed by atoms with van der Waals surface area (Å²) in [5.41, 5.74) is 0.509. The number of amides is 3. The van der Waals surface area contributed by atoms with Crippen LogP contribution in [0.25, 0.3) is 0 Å². The molecule has 1 aromatic rings. The summed E-state index contributed by atoms with van der Waals surface area (Å²) < 4.78 is 0. The number of imide groups is 1. The van der Waals surface area contributed by atoms with Crippen molar-refractivity contribution >= 4 is 17.7 Å². The molecule has 1 aromatic carbocycles. The molecule has 21 heavy (non-hydrogen) atoms. The molecule has 3 heterocycles. The van der Waals surface area contributed by atoms with Gasteiger partial charge in [-0.15, -0.1) is 6.58 Å². The zero-order chi connectivity index (χ0) is 14.9. The Morgan fingerprint density at radius 1 is 1.24 bits per heavy atom. The van der Waals surface area contributed by atoms with Gasteiger partial charge in [0.2, 0.25) is 11.8 Å². The SMILES string of the molecule is C=C[C@@]12c3ccccc3C(=O)N1C[C@@H]1C(=O)N(C)C(=O)[C@@H]12. The van der Waals surface area contributed by atoms with E-state index >= 15 is 0 Å². The smallest absolute Gasteiger partial charge is 0.255 e. The Kier molecular flexibility index (Phi) is 2.12. The minimum absolute atomic E-state index is 0.122. The van der Waals surface area contributed by atoms with Crippen LogP contribution in [0.4, 0.5) is 0 Å². The lowest BCUT2D eigenvalue weighted by atomic mass is 9.76. The summed E-state index contributed by atoms with van der Waals surface area (Å²) in [6.45, 7) is 4.16. The molecule has 0 saturated carbocycles. The van der Waals surface area contributed by atoms with Crippen LogP contribution in [0.3, 0.4) is 0 Å². The average Bonchev–Trinajstić information content (AvgIpc) is 3.04. The number of fused-ring (bicyclic) bond motifs is 5. The van der Waals surface area contributed by atoms with Crippen molar-refractivity contribution in [3.63, 3.8) is 0 Å². The number of hydrogen-bond acceptors (Lipinski definition) is 3. The summed E-state index contributed by atoms with van der Waals surface area (Å²) in [6, 6.07) is 7.27. The predicted molar refractivity (Wildman–Crippen MR) is 74.1 cm³/mol. The maximum atomic E-state index is 12.6. The van der Waals surface area contributed by atoms with E-state index < -0.39 is 17.4 Å². The third kappa shape index (κ3) is 1.12. The van der Waals surface area contributed by atoms with Gasteiger partial charge in [0.15, 0.2) is 0 Å². The fraction of sp³-hybridized carbons (Fsp3) is 0.312. The second-order valence-electron chi connectivity index (χ2n) is 5.81. The molecule has 5 heteroatoms. The molecule has 0 aromatic heterocycles. The predicted octanol–water partition coefficient (Wildman–Crippen LogP) is 0.768.